The summed E-state index contributed by atoms with van der Waals surface area (Å²) in [6.07, 6.45) is 6.53. The van der Waals surface area contributed by atoms with E-state index in [9.17, 15) is 0 Å². The van der Waals surface area contributed by atoms with Gasteiger partial charge in [0.2, 0.25) is 0 Å². The zero-order chi connectivity index (χ0) is 10.9. The molecule has 0 fully saturated rings. The smallest absolute Gasteiger partial charge is 0.0292 e. The Morgan fingerprint density at radius 2 is 1.80 bits per heavy atom. The SMILES string of the molecule is CCCCCCC(CCl)c1ccccc1. The van der Waals surface area contributed by atoms with Gasteiger partial charge < -0.3 is 0 Å². The Balaban J connectivity index is 2.36. The van der Waals surface area contributed by atoms with Crippen LogP contribution >= 0.6 is 11.6 Å². The minimum Gasteiger partial charge on any atom is -0.126 e. The largest absolute Gasteiger partial charge is 0.126 e. The van der Waals surface area contributed by atoms with Crippen LogP contribution in [0.3, 0.4) is 0 Å². The van der Waals surface area contributed by atoms with Crippen LogP contribution in [-0.4, -0.2) is 5.88 Å². The minimum atomic E-state index is 0.546. The molecule has 1 unspecified atom stereocenters. The van der Waals surface area contributed by atoms with E-state index in [0.29, 0.717) is 5.92 Å². The molecule has 0 saturated carbocycles. The molecule has 1 rings (SSSR count). The highest BCUT2D eigenvalue weighted by Crippen LogP contribution is 2.23. The van der Waals surface area contributed by atoms with Gasteiger partial charge in [-0.2, -0.15) is 0 Å². The molecule has 0 bridgehead atoms. The molecule has 0 aliphatic heterocycles. The molecule has 0 heterocycles. The Labute approximate surface area is 98.7 Å². The first kappa shape index (κ1) is 12.6. The standard InChI is InChI=1S/C14H21Cl/c1-2-3-4-6-11-14(12-15)13-9-7-5-8-10-13/h5,7-10,14H,2-4,6,11-12H2,1H3. The third-order valence-corrected chi connectivity index (χ3v) is 3.24. The van der Waals surface area contributed by atoms with Gasteiger partial charge in [0.05, 0.1) is 0 Å². The Bertz CT molecular complexity index is 243. The summed E-state index contributed by atoms with van der Waals surface area (Å²) in [6, 6.07) is 10.6. The van der Waals surface area contributed by atoms with Crippen molar-refractivity contribution in [3.8, 4) is 0 Å². The van der Waals surface area contributed by atoms with Crippen molar-refractivity contribution in [1.82, 2.24) is 0 Å². The molecule has 0 spiro atoms. The summed E-state index contributed by atoms with van der Waals surface area (Å²) in [5.41, 5.74) is 1.39. The van der Waals surface area contributed by atoms with Gasteiger partial charge in [-0.25, -0.2) is 0 Å². The van der Waals surface area contributed by atoms with E-state index in [2.05, 4.69) is 37.3 Å². The summed E-state index contributed by atoms with van der Waals surface area (Å²) in [5, 5.41) is 0. The van der Waals surface area contributed by atoms with Crippen LogP contribution in [0.4, 0.5) is 0 Å². The molecule has 0 radical (unpaired) electrons. The molecule has 0 aliphatic carbocycles. The summed E-state index contributed by atoms with van der Waals surface area (Å²) >= 11 is 6.01. The van der Waals surface area contributed by atoms with Crippen molar-refractivity contribution in [2.24, 2.45) is 0 Å². The van der Waals surface area contributed by atoms with Gasteiger partial charge in [-0.05, 0) is 17.9 Å². The summed E-state index contributed by atoms with van der Waals surface area (Å²) in [7, 11) is 0. The van der Waals surface area contributed by atoms with E-state index in [1.807, 2.05) is 0 Å². The van der Waals surface area contributed by atoms with Gasteiger partial charge in [0.1, 0.15) is 0 Å². The van der Waals surface area contributed by atoms with Crippen LogP contribution in [0.5, 0.6) is 0 Å². The fourth-order valence-corrected chi connectivity index (χ4v) is 2.21. The maximum absolute atomic E-state index is 6.01. The lowest BCUT2D eigenvalue weighted by Crippen LogP contribution is -2.00. The molecule has 1 aromatic rings. The van der Waals surface area contributed by atoms with E-state index in [1.54, 1.807) is 0 Å². The average molecular weight is 225 g/mol. The van der Waals surface area contributed by atoms with E-state index >= 15 is 0 Å². The first-order valence-corrected chi connectivity index (χ1v) is 6.52. The molecule has 1 atom stereocenters. The summed E-state index contributed by atoms with van der Waals surface area (Å²) in [4.78, 5) is 0. The van der Waals surface area contributed by atoms with Crippen LogP contribution < -0.4 is 0 Å². The number of hydrogen-bond donors (Lipinski definition) is 0. The first-order chi connectivity index (χ1) is 7.38. The summed E-state index contributed by atoms with van der Waals surface area (Å²) < 4.78 is 0. The van der Waals surface area contributed by atoms with Crippen LogP contribution in [-0.2, 0) is 0 Å². The van der Waals surface area contributed by atoms with Crippen molar-refractivity contribution in [3.63, 3.8) is 0 Å². The second-order valence-electron chi connectivity index (χ2n) is 4.11. The summed E-state index contributed by atoms with van der Waals surface area (Å²) in [6.45, 7) is 2.25. The molecule has 84 valence electrons. The van der Waals surface area contributed by atoms with Crippen LogP contribution in [0.15, 0.2) is 30.3 Å². The third-order valence-electron chi connectivity index (χ3n) is 2.86. The van der Waals surface area contributed by atoms with E-state index < -0.39 is 0 Å². The van der Waals surface area contributed by atoms with Gasteiger partial charge in [-0.15, -0.1) is 11.6 Å². The van der Waals surface area contributed by atoms with Crippen molar-refractivity contribution in [2.75, 3.05) is 5.88 Å². The fourth-order valence-electron chi connectivity index (χ4n) is 1.88. The van der Waals surface area contributed by atoms with Gasteiger partial charge in [0.15, 0.2) is 0 Å². The van der Waals surface area contributed by atoms with Crippen molar-refractivity contribution in [3.05, 3.63) is 35.9 Å². The third kappa shape index (κ3) is 4.70. The van der Waals surface area contributed by atoms with Crippen molar-refractivity contribution < 1.29 is 0 Å². The quantitative estimate of drug-likeness (QED) is 0.453. The highest BCUT2D eigenvalue weighted by atomic mass is 35.5. The number of alkyl halides is 1. The van der Waals surface area contributed by atoms with Crippen molar-refractivity contribution in [2.45, 2.75) is 44.9 Å². The highest BCUT2D eigenvalue weighted by Gasteiger charge is 2.08. The molecule has 0 saturated heterocycles. The van der Waals surface area contributed by atoms with Gasteiger partial charge in [0, 0.05) is 5.88 Å². The van der Waals surface area contributed by atoms with Gasteiger partial charge in [-0.3, -0.25) is 0 Å². The second kappa shape index (κ2) is 7.76. The molecular formula is C14H21Cl. The van der Waals surface area contributed by atoms with Gasteiger partial charge in [-0.1, -0.05) is 62.9 Å². The van der Waals surface area contributed by atoms with Crippen LogP contribution in [0, 0.1) is 0 Å². The molecule has 0 aromatic heterocycles. The van der Waals surface area contributed by atoms with E-state index in [0.717, 1.165) is 5.88 Å². The monoisotopic (exact) mass is 224 g/mol. The summed E-state index contributed by atoms with van der Waals surface area (Å²) in [5.74, 6) is 1.29. The van der Waals surface area contributed by atoms with E-state index in [1.165, 1.54) is 37.7 Å². The number of halogens is 1. The lowest BCUT2D eigenvalue weighted by molar-refractivity contribution is 0.583. The molecule has 0 nitrogen and oxygen atoms in total. The lowest BCUT2D eigenvalue weighted by atomic mass is 9.95. The molecular weight excluding hydrogens is 204 g/mol. The number of unbranched alkanes of at least 4 members (excludes halogenated alkanes) is 3. The lowest BCUT2D eigenvalue weighted by Gasteiger charge is -2.13. The Morgan fingerprint density at radius 1 is 1.07 bits per heavy atom. The number of hydrogen-bond acceptors (Lipinski definition) is 0. The van der Waals surface area contributed by atoms with Crippen LogP contribution in [0.2, 0.25) is 0 Å². The Morgan fingerprint density at radius 3 is 2.40 bits per heavy atom. The first-order valence-electron chi connectivity index (χ1n) is 5.99. The van der Waals surface area contributed by atoms with E-state index in [4.69, 9.17) is 11.6 Å². The maximum atomic E-state index is 6.01. The maximum Gasteiger partial charge on any atom is 0.0292 e. The van der Waals surface area contributed by atoms with Crippen LogP contribution in [0.1, 0.15) is 50.5 Å². The second-order valence-corrected chi connectivity index (χ2v) is 4.42. The number of benzene rings is 1. The molecule has 1 heteroatoms. The molecule has 1 aromatic carbocycles. The molecule has 15 heavy (non-hydrogen) atoms. The van der Waals surface area contributed by atoms with Crippen molar-refractivity contribution >= 4 is 11.6 Å². The molecule has 0 N–H and O–H groups in total. The van der Waals surface area contributed by atoms with Crippen LogP contribution in [0.25, 0.3) is 0 Å². The normalized spacial score (nSPS) is 12.7. The molecule has 0 aliphatic rings. The average Bonchev–Trinajstić information content (AvgIpc) is 2.30. The number of rotatable bonds is 7. The Kier molecular flexibility index (Phi) is 6.50. The minimum absolute atomic E-state index is 0.546. The highest BCUT2D eigenvalue weighted by molar-refractivity contribution is 6.18. The van der Waals surface area contributed by atoms with E-state index in [-0.39, 0.29) is 0 Å². The van der Waals surface area contributed by atoms with Crippen molar-refractivity contribution in [1.29, 1.82) is 0 Å². The fraction of sp³-hybridized carbons (Fsp3) is 0.571. The predicted octanol–water partition coefficient (Wildman–Crippen LogP) is 4.98. The van der Waals surface area contributed by atoms with Gasteiger partial charge >= 0.3 is 0 Å². The van der Waals surface area contributed by atoms with Gasteiger partial charge in [0.25, 0.3) is 0 Å². The zero-order valence-corrected chi connectivity index (χ0v) is 10.3. The zero-order valence-electron chi connectivity index (χ0n) is 9.58. The predicted molar refractivity (Wildman–Crippen MR) is 68.7 cm³/mol. The Hall–Kier alpha value is -0.490. The molecule has 0 amide bonds. The topological polar surface area (TPSA) is 0 Å².